The molecule has 1 saturated heterocycles. The van der Waals surface area contributed by atoms with Crippen LogP contribution in [0.15, 0.2) is 0 Å². The zero-order valence-corrected chi connectivity index (χ0v) is 9.96. The fraction of sp³-hybridized carbons (Fsp3) is 0.700. The van der Waals surface area contributed by atoms with Crippen LogP contribution >= 0.6 is 23.1 Å². The van der Waals surface area contributed by atoms with Crippen LogP contribution in [0.4, 0.5) is 0 Å². The van der Waals surface area contributed by atoms with Crippen molar-refractivity contribution in [3.8, 4) is 0 Å². The van der Waals surface area contributed by atoms with Gasteiger partial charge in [0.15, 0.2) is 0 Å². The van der Waals surface area contributed by atoms with Gasteiger partial charge in [-0.25, -0.2) is 4.98 Å². The molecule has 1 N–H and O–H groups in total. The average Bonchev–Trinajstić information content (AvgIpc) is 2.74. The van der Waals surface area contributed by atoms with Crippen LogP contribution in [0.25, 0.3) is 0 Å². The molecule has 1 fully saturated rings. The van der Waals surface area contributed by atoms with Gasteiger partial charge in [-0.3, -0.25) is 0 Å². The summed E-state index contributed by atoms with van der Waals surface area (Å²) in [7, 11) is 0. The summed E-state index contributed by atoms with van der Waals surface area (Å²) in [6, 6.07) is 0. The van der Waals surface area contributed by atoms with E-state index in [9.17, 15) is 0 Å². The van der Waals surface area contributed by atoms with Gasteiger partial charge in [0.05, 0.1) is 10.7 Å². The van der Waals surface area contributed by atoms with Gasteiger partial charge in [-0.15, -0.1) is 11.3 Å². The van der Waals surface area contributed by atoms with Crippen LogP contribution in [0.3, 0.4) is 0 Å². The van der Waals surface area contributed by atoms with E-state index < -0.39 is 0 Å². The highest BCUT2D eigenvalue weighted by molar-refractivity contribution is 7.99. The maximum atomic E-state index is 8.85. The van der Waals surface area contributed by atoms with Gasteiger partial charge in [-0.05, 0) is 19.1 Å². The predicted molar refractivity (Wildman–Crippen MR) is 62.3 cm³/mol. The number of aliphatic hydroxyl groups excluding tert-OH is 1. The highest BCUT2D eigenvalue weighted by Gasteiger charge is 2.22. The first-order chi connectivity index (χ1) is 6.81. The molecule has 78 valence electrons. The first-order valence-electron chi connectivity index (χ1n) is 4.96. The van der Waals surface area contributed by atoms with Crippen molar-refractivity contribution in [1.29, 1.82) is 0 Å². The number of aromatic nitrogens is 1. The van der Waals surface area contributed by atoms with Crippen molar-refractivity contribution in [2.24, 2.45) is 0 Å². The molecule has 1 aliphatic heterocycles. The minimum Gasteiger partial charge on any atom is -0.396 e. The number of hydrogen-bond acceptors (Lipinski definition) is 4. The molecular weight excluding hydrogens is 214 g/mol. The third-order valence-electron chi connectivity index (χ3n) is 2.52. The van der Waals surface area contributed by atoms with Gasteiger partial charge in [0.1, 0.15) is 0 Å². The first kappa shape index (κ1) is 10.5. The Hall–Kier alpha value is -0.0600. The van der Waals surface area contributed by atoms with E-state index in [2.05, 4.69) is 11.9 Å². The molecule has 1 aromatic heterocycles. The number of rotatable bonds is 3. The number of nitrogens with zero attached hydrogens (tertiary/aromatic N) is 1. The topological polar surface area (TPSA) is 33.1 Å². The summed E-state index contributed by atoms with van der Waals surface area (Å²) in [5.41, 5.74) is 1.29. The van der Waals surface area contributed by atoms with Crippen LogP contribution in [0.2, 0.25) is 0 Å². The van der Waals surface area contributed by atoms with E-state index in [4.69, 9.17) is 5.11 Å². The van der Waals surface area contributed by atoms with Crippen molar-refractivity contribution >= 4 is 23.1 Å². The highest BCUT2D eigenvalue weighted by atomic mass is 32.2. The summed E-state index contributed by atoms with van der Waals surface area (Å²) in [5.74, 6) is 3.17. The molecule has 4 heteroatoms. The maximum Gasteiger partial charge on any atom is 0.0953 e. The van der Waals surface area contributed by atoms with Gasteiger partial charge in [0.25, 0.3) is 0 Å². The second-order valence-corrected chi connectivity index (χ2v) is 6.02. The van der Waals surface area contributed by atoms with Gasteiger partial charge >= 0.3 is 0 Å². The summed E-state index contributed by atoms with van der Waals surface area (Å²) in [6.07, 6.45) is 1.99. The number of aliphatic hydroxyl groups is 1. The molecule has 1 unspecified atom stereocenters. The van der Waals surface area contributed by atoms with Crippen LogP contribution in [0, 0.1) is 6.92 Å². The smallest absolute Gasteiger partial charge is 0.0953 e. The van der Waals surface area contributed by atoms with E-state index in [0.717, 1.165) is 5.01 Å². The Labute approximate surface area is 92.8 Å². The fourth-order valence-electron chi connectivity index (χ4n) is 1.80. The van der Waals surface area contributed by atoms with Crippen LogP contribution in [-0.4, -0.2) is 28.2 Å². The van der Waals surface area contributed by atoms with Crippen LogP contribution in [0.1, 0.15) is 27.9 Å². The van der Waals surface area contributed by atoms with Crippen molar-refractivity contribution in [3.05, 3.63) is 15.6 Å². The number of hydrogen-bond donors (Lipinski definition) is 1. The largest absolute Gasteiger partial charge is 0.396 e. The van der Waals surface area contributed by atoms with Gasteiger partial charge < -0.3 is 5.11 Å². The molecule has 1 aromatic rings. The van der Waals surface area contributed by atoms with E-state index in [-0.39, 0.29) is 6.61 Å². The second kappa shape index (κ2) is 4.64. The molecule has 2 heterocycles. The standard InChI is InChI=1S/C10H15NOS2/c1-7-10(8-3-5-13-6-8)11-9(14-7)2-4-12/h8,12H,2-6H2,1H3. The molecule has 0 radical (unpaired) electrons. The molecule has 1 atom stereocenters. The SMILES string of the molecule is Cc1sc(CCO)nc1C1CCSC1. The minimum absolute atomic E-state index is 0.214. The lowest BCUT2D eigenvalue weighted by atomic mass is 10.0. The van der Waals surface area contributed by atoms with Crippen LogP contribution in [0.5, 0.6) is 0 Å². The maximum absolute atomic E-state index is 8.85. The molecule has 14 heavy (non-hydrogen) atoms. The molecule has 2 nitrogen and oxygen atoms in total. The van der Waals surface area contributed by atoms with Crippen molar-refractivity contribution in [1.82, 2.24) is 4.98 Å². The Morgan fingerprint density at radius 2 is 2.43 bits per heavy atom. The lowest BCUT2D eigenvalue weighted by Crippen LogP contribution is -1.99. The number of thioether (sulfide) groups is 1. The van der Waals surface area contributed by atoms with Gasteiger partial charge in [-0.1, -0.05) is 0 Å². The summed E-state index contributed by atoms with van der Waals surface area (Å²) in [4.78, 5) is 5.97. The van der Waals surface area contributed by atoms with Crippen molar-refractivity contribution in [3.63, 3.8) is 0 Å². The molecule has 0 aromatic carbocycles. The Balaban J connectivity index is 2.15. The van der Waals surface area contributed by atoms with Gasteiger partial charge in [0, 0.05) is 29.6 Å². The summed E-state index contributed by atoms with van der Waals surface area (Å²) in [6.45, 7) is 2.36. The van der Waals surface area contributed by atoms with Crippen LogP contribution in [-0.2, 0) is 6.42 Å². The molecule has 0 amide bonds. The number of aryl methyl sites for hydroxylation is 1. The van der Waals surface area contributed by atoms with Crippen molar-refractivity contribution in [2.45, 2.75) is 25.7 Å². The van der Waals surface area contributed by atoms with E-state index in [0.29, 0.717) is 12.3 Å². The third-order valence-corrected chi connectivity index (χ3v) is 4.73. The quantitative estimate of drug-likeness (QED) is 0.862. The Kier molecular flexibility index (Phi) is 3.47. The zero-order valence-electron chi connectivity index (χ0n) is 8.32. The predicted octanol–water partition coefficient (Wildman–Crippen LogP) is 2.21. The molecule has 0 aliphatic carbocycles. The fourth-order valence-corrected chi connectivity index (χ4v) is 4.03. The first-order valence-corrected chi connectivity index (χ1v) is 6.93. The van der Waals surface area contributed by atoms with E-state index in [1.807, 2.05) is 11.8 Å². The second-order valence-electron chi connectivity index (χ2n) is 3.58. The Morgan fingerprint density at radius 1 is 1.57 bits per heavy atom. The van der Waals surface area contributed by atoms with E-state index in [1.165, 1.54) is 28.5 Å². The molecule has 0 saturated carbocycles. The van der Waals surface area contributed by atoms with Gasteiger partial charge in [-0.2, -0.15) is 11.8 Å². The number of thiazole rings is 1. The molecule has 0 spiro atoms. The minimum atomic E-state index is 0.214. The summed E-state index contributed by atoms with van der Waals surface area (Å²) < 4.78 is 0. The molecule has 1 aliphatic rings. The molecule has 2 rings (SSSR count). The molecule has 0 bridgehead atoms. The average molecular weight is 229 g/mol. The summed E-state index contributed by atoms with van der Waals surface area (Å²) in [5, 5.41) is 9.94. The third kappa shape index (κ3) is 2.12. The van der Waals surface area contributed by atoms with E-state index >= 15 is 0 Å². The Bertz CT molecular complexity index is 305. The lowest BCUT2D eigenvalue weighted by Gasteiger charge is -2.04. The van der Waals surface area contributed by atoms with E-state index in [1.54, 1.807) is 11.3 Å². The zero-order chi connectivity index (χ0) is 9.97. The van der Waals surface area contributed by atoms with Gasteiger partial charge in [0.2, 0.25) is 0 Å². The van der Waals surface area contributed by atoms with Crippen LogP contribution < -0.4 is 0 Å². The molecular formula is C10H15NOS2. The Morgan fingerprint density at radius 3 is 3.07 bits per heavy atom. The van der Waals surface area contributed by atoms with Crippen molar-refractivity contribution in [2.75, 3.05) is 18.1 Å². The normalized spacial score (nSPS) is 21.7. The summed E-state index contributed by atoms with van der Waals surface area (Å²) >= 11 is 3.77. The lowest BCUT2D eigenvalue weighted by molar-refractivity contribution is 0.299. The monoisotopic (exact) mass is 229 g/mol. The van der Waals surface area contributed by atoms with Crippen molar-refractivity contribution < 1.29 is 5.11 Å². The highest BCUT2D eigenvalue weighted by Crippen LogP contribution is 2.35.